The number of fused-ring (bicyclic) bond motifs is 2. The number of nitrogens with one attached hydrogen (secondary N) is 1. The summed E-state index contributed by atoms with van der Waals surface area (Å²) in [7, 11) is 0. The van der Waals surface area contributed by atoms with E-state index < -0.39 is 0 Å². The zero-order chi connectivity index (χ0) is 23.8. The van der Waals surface area contributed by atoms with Gasteiger partial charge in [-0.25, -0.2) is 4.68 Å². The normalized spacial score (nSPS) is 17.5. The van der Waals surface area contributed by atoms with Crippen molar-refractivity contribution >= 4 is 10.9 Å². The Kier molecular flexibility index (Phi) is 5.82. The van der Waals surface area contributed by atoms with Gasteiger partial charge in [0.25, 0.3) is 5.56 Å². The molecule has 2 aromatic heterocycles. The lowest BCUT2D eigenvalue weighted by Crippen LogP contribution is -2.39. The second-order valence-corrected chi connectivity index (χ2v) is 9.55. The van der Waals surface area contributed by atoms with Gasteiger partial charge >= 0.3 is 0 Å². The molecule has 1 atom stereocenters. The highest BCUT2D eigenvalue weighted by Crippen LogP contribution is 2.36. The highest BCUT2D eigenvalue weighted by atomic mass is 16.5. The van der Waals surface area contributed by atoms with Crippen molar-refractivity contribution in [1.29, 1.82) is 0 Å². The molecule has 2 aliphatic rings. The first-order valence-electron chi connectivity index (χ1n) is 12.6. The summed E-state index contributed by atoms with van der Waals surface area (Å²) in [5.41, 5.74) is 4.01. The summed E-state index contributed by atoms with van der Waals surface area (Å²) >= 11 is 0. The van der Waals surface area contributed by atoms with Crippen molar-refractivity contribution in [3.63, 3.8) is 0 Å². The second kappa shape index (κ2) is 9.26. The Morgan fingerprint density at radius 2 is 1.94 bits per heavy atom. The topological polar surface area (TPSA) is 88.9 Å². The lowest BCUT2D eigenvalue weighted by atomic mass is 9.95. The summed E-state index contributed by atoms with van der Waals surface area (Å²) in [6.07, 6.45) is 5.43. The zero-order valence-corrected chi connectivity index (χ0v) is 20.0. The van der Waals surface area contributed by atoms with Crippen LogP contribution in [0.1, 0.15) is 67.2 Å². The van der Waals surface area contributed by atoms with Crippen LogP contribution in [0.25, 0.3) is 10.9 Å². The Morgan fingerprint density at radius 1 is 1.11 bits per heavy atom. The van der Waals surface area contributed by atoms with Gasteiger partial charge in [-0.15, -0.1) is 5.10 Å². The molecule has 1 aliphatic heterocycles. The number of hydrogen-bond donors (Lipinski definition) is 1. The first-order chi connectivity index (χ1) is 17.2. The third-order valence-electron chi connectivity index (χ3n) is 7.41. The molecule has 1 saturated carbocycles. The maximum absolute atomic E-state index is 13.5. The predicted molar refractivity (Wildman–Crippen MR) is 133 cm³/mol. The van der Waals surface area contributed by atoms with Gasteiger partial charge in [0.1, 0.15) is 11.8 Å². The van der Waals surface area contributed by atoms with Gasteiger partial charge in [0.2, 0.25) is 0 Å². The van der Waals surface area contributed by atoms with Crippen LogP contribution < -0.4 is 10.3 Å². The van der Waals surface area contributed by atoms with Crippen molar-refractivity contribution in [3.05, 3.63) is 81.4 Å². The van der Waals surface area contributed by atoms with Crippen LogP contribution >= 0.6 is 0 Å². The summed E-state index contributed by atoms with van der Waals surface area (Å²) in [5, 5.41) is 14.0. The molecule has 1 fully saturated rings. The molecule has 8 nitrogen and oxygen atoms in total. The zero-order valence-electron chi connectivity index (χ0n) is 20.0. The predicted octanol–water partition coefficient (Wildman–Crippen LogP) is 4.18. The van der Waals surface area contributed by atoms with E-state index in [2.05, 4.69) is 49.7 Å². The summed E-state index contributed by atoms with van der Waals surface area (Å²) in [5.74, 6) is 1.54. The van der Waals surface area contributed by atoms with E-state index in [-0.39, 0.29) is 17.6 Å². The average molecular weight is 471 g/mol. The molecule has 0 saturated heterocycles. The number of hydrogen-bond acceptors (Lipinski definition) is 6. The minimum Gasteiger partial charge on any atom is -0.494 e. The van der Waals surface area contributed by atoms with Gasteiger partial charge in [-0.05, 0) is 72.0 Å². The average Bonchev–Trinajstić information content (AvgIpc) is 3.57. The molecular weight excluding hydrogens is 440 g/mol. The van der Waals surface area contributed by atoms with Gasteiger partial charge < -0.3 is 9.72 Å². The molecule has 0 radical (unpaired) electrons. The summed E-state index contributed by atoms with van der Waals surface area (Å²) < 4.78 is 7.70. The lowest BCUT2D eigenvalue weighted by molar-refractivity contribution is 0.190. The first-order valence-corrected chi connectivity index (χ1v) is 12.6. The molecule has 0 unspecified atom stereocenters. The third-order valence-corrected chi connectivity index (χ3v) is 7.41. The number of rotatable bonds is 6. The van der Waals surface area contributed by atoms with Gasteiger partial charge in [0.05, 0.1) is 12.6 Å². The van der Waals surface area contributed by atoms with Crippen LogP contribution in [0.2, 0.25) is 0 Å². The molecule has 0 amide bonds. The number of nitrogens with zero attached hydrogens (tertiary/aromatic N) is 5. The Balaban J connectivity index is 1.49. The van der Waals surface area contributed by atoms with Crippen molar-refractivity contribution in [1.82, 2.24) is 30.1 Å². The number of aromatic nitrogens is 5. The standard InChI is InChI=1S/C27H30N6O2/c1-2-35-22-11-12-24-20(15-22)16-23(27(34)28-24)25(26-29-30-31-33(26)21-9-5-6-10-21)32-14-13-18-7-3-4-8-19(18)17-32/h3-4,7-8,11-12,15-16,21,25H,2,5-6,9-10,13-14,17H2,1H3,(H,28,34)/t25-/m1/s1. The van der Waals surface area contributed by atoms with E-state index in [0.717, 1.165) is 54.8 Å². The largest absolute Gasteiger partial charge is 0.494 e. The van der Waals surface area contributed by atoms with E-state index in [0.29, 0.717) is 12.2 Å². The van der Waals surface area contributed by atoms with Crippen LogP contribution in [0.4, 0.5) is 0 Å². The molecule has 1 aliphatic carbocycles. The second-order valence-electron chi connectivity index (χ2n) is 9.55. The summed E-state index contributed by atoms with van der Waals surface area (Å²) in [6.45, 7) is 4.13. The molecule has 4 aromatic rings. The number of pyridine rings is 1. The molecule has 6 rings (SSSR count). The van der Waals surface area contributed by atoms with Crippen molar-refractivity contribution in [3.8, 4) is 5.75 Å². The van der Waals surface area contributed by atoms with Crippen LogP contribution in [0, 0.1) is 0 Å². The number of ether oxygens (including phenoxy) is 1. The van der Waals surface area contributed by atoms with Crippen LogP contribution in [0.3, 0.4) is 0 Å². The Morgan fingerprint density at radius 3 is 2.77 bits per heavy atom. The van der Waals surface area contributed by atoms with Crippen molar-refractivity contribution in [2.24, 2.45) is 0 Å². The quantitative estimate of drug-likeness (QED) is 0.455. The van der Waals surface area contributed by atoms with Gasteiger partial charge in [-0.2, -0.15) is 0 Å². The molecule has 1 N–H and O–H groups in total. The lowest BCUT2D eigenvalue weighted by Gasteiger charge is -2.35. The van der Waals surface area contributed by atoms with Crippen molar-refractivity contribution in [2.75, 3.05) is 13.2 Å². The Labute approximate surface area is 203 Å². The molecule has 2 aromatic carbocycles. The van der Waals surface area contributed by atoms with E-state index in [9.17, 15) is 4.79 Å². The summed E-state index contributed by atoms with van der Waals surface area (Å²) in [4.78, 5) is 19.0. The molecule has 180 valence electrons. The molecular formula is C27H30N6O2. The molecule has 3 heterocycles. The molecule has 8 heteroatoms. The minimum atomic E-state index is -0.345. The van der Waals surface area contributed by atoms with Gasteiger partial charge in [-0.1, -0.05) is 37.1 Å². The van der Waals surface area contributed by atoms with Gasteiger partial charge in [-0.3, -0.25) is 9.69 Å². The van der Waals surface area contributed by atoms with Crippen LogP contribution in [-0.2, 0) is 13.0 Å². The van der Waals surface area contributed by atoms with E-state index >= 15 is 0 Å². The smallest absolute Gasteiger partial charge is 0.253 e. The number of tetrazole rings is 1. The monoisotopic (exact) mass is 470 g/mol. The number of H-pyrrole nitrogens is 1. The van der Waals surface area contributed by atoms with Crippen molar-refractivity contribution in [2.45, 2.75) is 57.7 Å². The SMILES string of the molecule is CCOc1ccc2[nH]c(=O)c([C@H](c3nnnn3C3CCCC3)N3CCc4ccccc4C3)cc2c1. The first kappa shape index (κ1) is 22.0. The molecule has 35 heavy (non-hydrogen) atoms. The number of benzene rings is 2. The van der Waals surface area contributed by atoms with E-state index in [1.807, 2.05) is 35.9 Å². The van der Waals surface area contributed by atoms with Crippen LogP contribution in [0.5, 0.6) is 5.75 Å². The minimum absolute atomic E-state index is 0.105. The van der Waals surface area contributed by atoms with Crippen LogP contribution in [0.15, 0.2) is 53.3 Å². The van der Waals surface area contributed by atoms with Crippen molar-refractivity contribution < 1.29 is 4.74 Å². The van der Waals surface area contributed by atoms with Gasteiger partial charge in [0, 0.05) is 29.6 Å². The third kappa shape index (κ3) is 4.12. The van der Waals surface area contributed by atoms with Crippen LogP contribution in [-0.4, -0.2) is 43.2 Å². The highest BCUT2D eigenvalue weighted by molar-refractivity contribution is 5.80. The Bertz CT molecular complexity index is 1400. The highest BCUT2D eigenvalue weighted by Gasteiger charge is 2.34. The van der Waals surface area contributed by atoms with Gasteiger partial charge in [0.15, 0.2) is 5.82 Å². The molecule has 0 bridgehead atoms. The summed E-state index contributed by atoms with van der Waals surface area (Å²) in [6, 6.07) is 16.3. The molecule has 0 spiro atoms. The fourth-order valence-corrected chi connectivity index (χ4v) is 5.69. The Hall–Kier alpha value is -3.52. The van der Waals surface area contributed by atoms with E-state index in [1.165, 1.54) is 24.0 Å². The van der Waals surface area contributed by atoms with E-state index in [4.69, 9.17) is 4.74 Å². The fourth-order valence-electron chi connectivity index (χ4n) is 5.69. The van der Waals surface area contributed by atoms with E-state index in [1.54, 1.807) is 0 Å². The fraction of sp³-hybridized carbons (Fsp3) is 0.407. The maximum Gasteiger partial charge on any atom is 0.253 e. The maximum atomic E-state index is 13.5. The number of aromatic amines is 1.